The summed E-state index contributed by atoms with van der Waals surface area (Å²) in [6, 6.07) is 11.9. The van der Waals surface area contributed by atoms with Gasteiger partial charge in [0.1, 0.15) is 5.82 Å². The smallest absolute Gasteiger partial charge is 0.134 e. The molecule has 2 fully saturated rings. The number of fused-ring (bicyclic) bond motifs is 2. The van der Waals surface area contributed by atoms with Crippen LogP contribution in [0.3, 0.4) is 0 Å². The SMILES string of the molecule is c1ccc2c(NC3CCN4CCCC34)nccc2c1. The molecule has 2 aliphatic heterocycles. The first-order valence-electron chi connectivity index (χ1n) is 7.26. The molecule has 3 nitrogen and oxygen atoms in total. The highest BCUT2D eigenvalue weighted by atomic mass is 15.2. The molecule has 0 aliphatic carbocycles. The fourth-order valence-corrected chi connectivity index (χ4v) is 3.66. The average Bonchev–Trinajstić information content (AvgIpc) is 3.04. The number of rotatable bonds is 2. The van der Waals surface area contributed by atoms with Crippen molar-refractivity contribution < 1.29 is 0 Å². The van der Waals surface area contributed by atoms with Gasteiger partial charge in [-0.05, 0) is 37.3 Å². The summed E-state index contributed by atoms with van der Waals surface area (Å²) in [6.45, 7) is 2.53. The van der Waals surface area contributed by atoms with Gasteiger partial charge in [0.2, 0.25) is 0 Å². The lowest BCUT2D eigenvalue weighted by Crippen LogP contribution is -2.34. The largest absolute Gasteiger partial charge is 0.365 e. The second-order valence-electron chi connectivity index (χ2n) is 5.67. The van der Waals surface area contributed by atoms with E-state index in [-0.39, 0.29) is 0 Å². The van der Waals surface area contributed by atoms with Crippen molar-refractivity contribution in [1.29, 1.82) is 0 Å². The van der Waals surface area contributed by atoms with Crippen molar-refractivity contribution in [3.63, 3.8) is 0 Å². The van der Waals surface area contributed by atoms with Gasteiger partial charge in [-0.1, -0.05) is 24.3 Å². The molecule has 2 aliphatic rings. The van der Waals surface area contributed by atoms with E-state index in [0.29, 0.717) is 6.04 Å². The molecule has 2 unspecified atom stereocenters. The quantitative estimate of drug-likeness (QED) is 0.892. The van der Waals surface area contributed by atoms with Crippen molar-refractivity contribution in [3.05, 3.63) is 36.5 Å². The lowest BCUT2D eigenvalue weighted by Gasteiger charge is -2.22. The van der Waals surface area contributed by atoms with Crippen molar-refractivity contribution in [2.75, 3.05) is 18.4 Å². The van der Waals surface area contributed by atoms with Crippen LogP contribution < -0.4 is 5.32 Å². The minimum atomic E-state index is 0.570. The minimum absolute atomic E-state index is 0.570. The van der Waals surface area contributed by atoms with Crippen LogP contribution in [0, 0.1) is 0 Å². The van der Waals surface area contributed by atoms with Gasteiger partial charge in [0.05, 0.1) is 0 Å². The zero-order valence-corrected chi connectivity index (χ0v) is 11.0. The van der Waals surface area contributed by atoms with Crippen LogP contribution >= 0.6 is 0 Å². The minimum Gasteiger partial charge on any atom is -0.365 e. The van der Waals surface area contributed by atoms with E-state index < -0.39 is 0 Å². The Balaban J connectivity index is 1.65. The molecule has 98 valence electrons. The Morgan fingerprint density at radius 2 is 2.05 bits per heavy atom. The van der Waals surface area contributed by atoms with Crippen molar-refractivity contribution in [3.8, 4) is 0 Å². The summed E-state index contributed by atoms with van der Waals surface area (Å²) < 4.78 is 0. The van der Waals surface area contributed by atoms with Gasteiger partial charge < -0.3 is 5.32 Å². The summed E-state index contributed by atoms with van der Waals surface area (Å²) in [5, 5.41) is 6.21. The van der Waals surface area contributed by atoms with Gasteiger partial charge in [0, 0.05) is 30.2 Å². The van der Waals surface area contributed by atoms with Crippen molar-refractivity contribution in [2.45, 2.75) is 31.3 Å². The molecule has 2 atom stereocenters. The fraction of sp³-hybridized carbons (Fsp3) is 0.438. The van der Waals surface area contributed by atoms with Gasteiger partial charge in [-0.3, -0.25) is 4.90 Å². The summed E-state index contributed by atoms with van der Waals surface area (Å²) in [4.78, 5) is 7.18. The van der Waals surface area contributed by atoms with Crippen LogP contribution in [-0.2, 0) is 0 Å². The van der Waals surface area contributed by atoms with Crippen LogP contribution in [0.1, 0.15) is 19.3 Å². The van der Waals surface area contributed by atoms with E-state index in [2.05, 4.69) is 45.5 Å². The predicted octanol–water partition coefficient (Wildman–Crippen LogP) is 2.88. The van der Waals surface area contributed by atoms with E-state index in [1.807, 2.05) is 6.20 Å². The number of hydrogen-bond donors (Lipinski definition) is 1. The Labute approximate surface area is 113 Å². The van der Waals surface area contributed by atoms with Crippen LogP contribution in [-0.4, -0.2) is 35.1 Å². The Kier molecular flexibility index (Phi) is 2.66. The Hall–Kier alpha value is -1.61. The summed E-state index contributed by atoms with van der Waals surface area (Å²) in [7, 11) is 0. The highest BCUT2D eigenvalue weighted by Crippen LogP contribution is 2.31. The van der Waals surface area contributed by atoms with Gasteiger partial charge in [-0.2, -0.15) is 0 Å². The zero-order valence-electron chi connectivity index (χ0n) is 11.0. The van der Waals surface area contributed by atoms with E-state index in [9.17, 15) is 0 Å². The van der Waals surface area contributed by atoms with Crippen LogP contribution in [0.5, 0.6) is 0 Å². The third kappa shape index (κ3) is 1.89. The second kappa shape index (κ2) is 4.49. The molecular weight excluding hydrogens is 234 g/mol. The predicted molar refractivity (Wildman–Crippen MR) is 78.4 cm³/mol. The van der Waals surface area contributed by atoms with Crippen molar-refractivity contribution in [1.82, 2.24) is 9.88 Å². The number of nitrogens with zero attached hydrogens (tertiary/aromatic N) is 2. The number of pyridine rings is 1. The molecule has 1 aromatic carbocycles. The molecule has 0 bridgehead atoms. The highest BCUT2D eigenvalue weighted by molar-refractivity contribution is 5.91. The monoisotopic (exact) mass is 253 g/mol. The molecule has 19 heavy (non-hydrogen) atoms. The summed E-state index contributed by atoms with van der Waals surface area (Å²) in [5.41, 5.74) is 0. The van der Waals surface area contributed by atoms with Crippen molar-refractivity contribution in [2.24, 2.45) is 0 Å². The molecule has 2 aromatic rings. The van der Waals surface area contributed by atoms with Gasteiger partial charge >= 0.3 is 0 Å². The first-order chi connectivity index (χ1) is 9.42. The topological polar surface area (TPSA) is 28.2 Å². The molecule has 0 radical (unpaired) electrons. The summed E-state index contributed by atoms with van der Waals surface area (Å²) >= 11 is 0. The van der Waals surface area contributed by atoms with Crippen molar-refractivity contribution >= 4 is 16.6 Å². The third-order valence-corrected chi connectivity index (χ3v) is 4.60. The molecule has 4 rings (SSSR count). The van der Waals surface area contributed by atoms with Gasteiger partial charge in [0.15, 0.2) is 0 Å². The van der Waals surface area contributed by atoms with Crippen LogP contribution in [0.25, 0.3) is 10.8 Å². The van der Waals surface area contributed by atoms with E-state index in [1.54, 1.807) is 0 Å². The van der Waals surface area contributed by atoms with Gasteiger partial charge in [0.25, 0.3) is 0 Å². The lowest BCUT2D eigenvalue weighted by atomic mass is 10.1. The van der Waals surface area contributed by atoms with Crippen LogP contribution in [0.15, 0.2) is 36.5 Å². The maximum atomic E-state index is 4.55. The number of nitrogens with one attached hydrogen (secondary N) is 1. The Bertz CT molecular complexity index is 590. The molecule has 0 amide bonds. The Morgan fingerprint density at radius 3 is 3.05 bits per heavy atom. The molecule has 0 spiro atoms. The van der Waals surface area contributed by atoms with E-state index in [1.165, 1.54) is 43.1 Å². The summed E-state index contributed by atoms with van der Waals surface area (Å²) in [5.74, 6) is 1.05. The number of hydrogen-bond acceptors (Lipinski definition) is 3. The van der Waals surface area contributed by atoms with E-state index >= 15 is 0 Å². The molecular formula is C16H19N3. The standard InChI is InChI=1S/C16H19N3/c1-2-5-13-12(4-1)7-9-17-16(13)18-14-8-11-19-10-3-6-15(14)19/h1-2,4-5,7,9,14-15H,3,6,8,10-11H2,(H,17,18). The van der Waals surface area contributed by atoms with Gasteiger partial charge in [-0.25, -0.2) is 4.98 Å². The fourth-order valence-electron chi connectivity index (χ4n) is 3.66. The molecule has 3 heteroatoms. The number of aromatic nitrogens is 1. The normalized spacial score (nSPS) is 26.7. The van der Waals surface area contributed by atoms with E-state index in [0.717, 1.165) is 11.9 Å². The van der Waals surface area contributed by atoms with E-state index in [4.69, 9.17) is 0 Å². The summed E-state index contributed by atoms with van der Waals surface area (Å²) in [6.07, 6.45) is 5.84. The highest BCUT2D eigenvalue weighted by Gasteiger charge is 2.37. The second-order valence-corrected chi connectivity index (χ2v) is 5.67. The first kappa shape index (κ1) is 11.2. The molecule has 0 saturated carbocycles. The lowest BCUT2D eigenvalue weighted by molar-refractivity contribution is 0.318. The van der Waals surface area contributed by atoms with Gasteiger partial charge in [-0.15, -0.1) is 0 Å². The maximum absolute atomic E-state index is 4.55. The third-order valence-electron chi connectivity index (χ3n) is 4.60. The Morgan fingerprint density at radius 1 is 1.11 bits per heavy atom. The van der Waals surface area contributed by atoms with Crippen LogP contribution in [0.2, 0.25) is 0 Å². The number of benzene rings is 1. The molecule has 3 heterocycles. The average molecular weight is 253 g/mol. The first-order valence-corrected chi connectivity index (χ1v) is 7.26. The molecule has 1 aromatic heterocycles. The van der Waals surface area contributed by atoms with Crippen LogP contribution in [0.4, 0.5) is 5.82 Å². The maximum Gasteiger partial charge on any atom is 0.134 e. The molecule has 1 N–H and O–H groups in total. The zero-order chi connectivity index (χ0) is 12.7. The number of anilines is 1. The molecule has 2 saturated heterocycles.